The van der Waals surface area contributed by atoms with Crippen molar-refractivity contribution in [2.45, 2.75) is 56.5 Å². The molecule has 1 aromatic carbocycles. The Morgan fingerprint density at radius 3 is 2.30 bits per heavy atom. The first-order chi connectivity index (χ1) is 10.7. The second kappa shape index (κ2) is 7.21. The van der Waals surface area contributed by atoms with Crippen LogP contribution in [-0.4, -0.2) is 25.8 Å². The largest absolute Gasteiger partial charge is 0.416 e. The normalized spacial score (nSPS) is 18.1. The number of nitrogens with zero attached hydrogens (tertiary/aromatic N) is 1. The van der Waals surface area contributed by atoms with Gasteiger partial charge in [-0.25, -0.2) is 12.7 Å². The van der Waals surface area contributed by atoms with Crippen molar-refractivity contribution in [3.8, 4) is 0 Å². The highest BCUT2D eigenvalue weighted by Crippen LogP contribution is 2.30. The minimum Gasteiger partial charge on any atom is -0.212 e. The molecule has 3 nitrogen and oxygen atoms in total. The Labute approximate surface area is 135 Å². The van der Waals surface area contributed by atoms with E-state index in [9.17, 15) is 21.6 Å². The molecule has 0 aliphatic heterocycles. The highest BCUT2D eigenvalue weighted by atomic mass is 32.2. The molecule has 0 saturated heterocycles. The molecule has 2 rings (SSSR count). The molecule has 0 spiro atoms. The molecule has 1 aliphatic rings. The first-order valence-electron chi connectivity index (χ1n) is 7.82. The van der Waals surface area contributed by atoms with E-state index in [2.05, 4.69) is 0 Å². The molecule has 0 unspecified atom stereocenters. The molecule has 0 amide bonds. The summed E-state index contributed by atoms with van der Waals surface area (Å²) in [5.74, 6) is -0.399. The van der Waals surface area contributed by atoms with E-state index in [1.54, 1.807) is 7.05 Å². The van der Waals surface area contributed by atoms with Crippen LogP contribution in [0.4, 0.5) is 13.2 Å². The maximum absolute atomic E-state index is 12.7. The zero-order valence-corrected chi connectivity index (χ0v) is 14.0. The van der Waals surface area contributed by atoms with Crippen LogP contribution in [-0.2, 0) is 22.0 Å². The number of benzene rings is 1. The SMILES string of the molecule is CN(C1CCCCCC1)S(=O)(=O)Cc1cccc(C(F)(F)F)c1. The molecule has 1 aliphatic carbocycles. The first-order valence-corrected chi connectivity index (χ1v) is 9.43. The molecule has 130 valence electrons. The van der Waals surface area contributed by atoms with Gasteiger partial charge in [-0.1, -0.05) is 43.9 Å². The lowest BCUT2D eigenvalue weighted by Gasteiger charge is -2.26. The van der Waals surface area contributed by atoms with Gasteiger partial charge >= 0.3 is 6.18 Å². The second-order valence-corrected chi connectivity index (χ2v) is 8.14. The molecule has 0 radical (unpaired) electrons. The van der Waals surface area contributed by atoms with Crippen molar-refractivity contribution in [3.63, 3.8) is 0 Å². The van der Waals surface area contributed by atoms with Crippen LogP contribution >= 0.6 is 0 Å². The molecule has 23 heavy (non-hydrogen) atoms. The highest BCUT2D eigenvalue weighted by Gasteiger charge is 2.31. The van der Waals surface area contributed by atoms with Crippen molar-refractivity contribution < 1.29 is 21.6 Å². The van der Waals surface area contributed by atoms with Gasteiger partial charge in [-0.2, -0.15) is 13.2 Å². The zero-order valence-electron chi connectivity index (χ0n) is 13.1. The summed E-state index contributed by atoms with van der Waals surface area (Å²) in [6.07, 6.45) is 1.38. The molecule has 0 N–H and O–H groups in total. The molecular formula is C16H22F3NO2S. The van der Waals surface area contributed by atoms with Gasteiger partial charge in [0.2, 0.25) is 10.0 Å². The average Bonchev–Trinajstić information content (AvgIpc) is 2.74. The highest BCUT2D eigenvalue weighted by molar-refractivity contribution is 7.88. The summed E-state index contributed by atoms with van der Waals surface area (Å²) in [7, 11) is -2.08. The van der Waals surface area contributed by atoms with E-state index >= 15 is 0 Å². The molecule has 0 bridgehead atoms. The lowest BCUT2D eigenvalue weighted by Crippen LogP contribution is -2.37. The quantitative estimate of drug-likeness (QED) is 0.765. The van der Waals surface area contributed by atoms with Gasteiger partial charge in [-0.05, 0) is 24.5 Å². The summed E-state index contributed by atoms with van der Waals surface area (Å²) in [6, 6.07) is 4.49. The van der Waals surface area contributed by atoms with Crippen LogP contribution in [0.5, 0.6) is 0 Å². The third-order valence-electron chi connectivity index (χ3n) is 4.38. The molecule has 0 heterocycles. The Morgan fingerprint density at radius 1 is 1.13 bits per heavy atom. The van der Waals surface area contributed by atoms with Gasteiger partial charge in [0.15, 0.2) is 0 Å². The maximum atomic E-state index is 12.7. The van der Waals surface area contributed by atoms with E-state index in [-0.39, 0.29) is 11.6 Å². The molecule has 1 saturated carbocycles. The second-order valence-electron chi connectivity index (χ2n) is 6.12. The molecule has 1 aromatic rings. The molecule has 1 fully saturated rings. The summed E-state index contributed by atoms with van der Waals surface area (Å²) in [5.41, 5.74) is -0.650. The van der Waals surface area contributed by atoms with Crippen molar-refractivity contribution >= 4 is 10.0 Å². The van der Waals surface area contributed by atoms with Crippen LogP contribution in [0.25, 0.3) is 0 Å². The number of hydrogen-bond donors (Lipinski definition) is 0. The molecule has 0 aromatic heterocycles. The summed E-state index contributed by atoms with van der Waals surface area (Å²) in [6.45, 7) is 0. The number of hydrogen-bond acceptors (Lipinski definition) is 2. The third kappa shape index (κ3) is 4.94. The standard InChI is InChI=1S/C16H22F3NO2S/c1-20(15-9-4-2-3-5-10-15)23(21,22)12-13-7-6-8-14(11-13)16(17,18)19/h6-8,11,15H,2-5,9-10,12H2,1H3. The van der Waals surface area contributed by atoms with Gasteiger partial charge in [0.1, 0.15) is 0 Å². The number of alkyl halides is 3. The smallest absolute Gasteiger partial charge is 0.212 e. The number of rotatable bonds is 4. The Balaban J connectivity index is 2.14. The van der Waals surface area contributed by atoms with E-state index in [1.165, 1.54) is 16.4 Å². The molecule has 0 atom stereocenters. The predicted octanol–water partition coefficient (Wildman–Crippen LogP) is 4.19. The first kappa shape index (κ1) is 18.3. The Morgan fingerprint density at radius 2 is 1.74 bits per heavy atom. The lowest BCUT2D eigenvalue weighted by atomic mass is 10.1. The van der Waals surface area contributed by atoms with Gasteiger partial charge in [0.05, 0.1) is 11.3 Å². The van der Waals surface area contributed by atoms with E-state index in [0.717, 1.165) is 50.7 Å². The fourth-order valence-electron chi connectivity index (χ4n) is 3.00. The lowest BCUT2D eigenvalue weighted by molar-refractivity contribution is -0.137. The van der Waals surface area contributed by atoms with E-state index in [1.807, 2.05) is 0 Å². The Bertz CT molecular complexity index is 620. The zero-order chi connectivity index (χ0) is 17.1. The van der Waals surface area contributed by atoms with Crippen LogP contribution in [0.15, 0.2) is 24.3 Å². The monoisotopic (exact) mass is 349 g/mol. The van der Waals surface area contributed by atoms with Crippen molar-refractivity contribution in [2.75, 3.05) is 7.05 Å². The van der Waals surface area contributed by atoms with E-state index in [0.29, 0.717) is 0 Å². The number of sulfonamides is 1. The fourth-order valence-corrected chi connectivity index (χ4v) is 4.47. The van der Waals surface area contributed by atoms with Crippen LogP contribution in [0.1, 0.15) is 49.7 Å². The summed E-state index contributed by atoms with van der Waals surface area (Å²) < 4.78 is 64.6. The molecule has 7 heteroatoms. The van der Waals surface area contributed by atoms with Gasteiger partial charge in [-0.3, -0.25) is 0 Å². The van der Waals surface area contributed by atoms with Crippen molar-refractivity contribution in [1.82, 2.24) is 4.31 Å². The minimum atomic E-state index is -4.47. The van der Waals surface area contributed by atoms with E-state index < -0.39 is 27.5 Å². The Hall–Kier alpha value is -1.08. The molecular weight excluding hydrogens is 327 g/mol. The van der Waals surface area contributed by atoms with Gasteiger partial charge < -0.3 is 0 Å². The summed E-state index contributed by atoms with van der Waals surface area (Å²) in [4.78, 5) is 0. The predicted molar refractivity (Wildman–Crippen MR) is 83.3 cm³/mol. The van der Waals surface area contributed by atoms with Crippen molar-refractivity contribution in [2.24, 2.45) is 0 Å². The van der Waals surface area contributed by atoms with E-state index in [4.69, 9.17) is 0 Å². The van der Waals surface area contributed by atoms with Crippen LogP contribution < -0.4 is 0 Å². The number of halogens is 3. The summed E-state index contributed by atoms with van der Waals surface area (Å²) in [5, 5.41) is 0. The van der Waals surface area contributed by atoms with Crippen molar-refractivity contribution in [1.29, 1.82) is 0 Å². The minimum absolute atomic E-state index is 0.0479. The fraction of sp³-hybridized carbons (Fsp3) is 0.625. The van der Waals surface area contributed by atoms with Gasteiger partial charge in [0, 0.05) is 13.1 Å². The van der Waals surface area contributed by atoms with Crippen molar-refractivity contribution in [3.05, 3.63) is 35.4 Å². The topological polar surface area (TPSA) is 37.4 Å². The van der Waals surface area contributed by atoms with Crippen LogP contribution in [0.3, 0.4) is 0 Å². The van der Waals surface area contributed by atoms with Gasteiger partial charge in [0.25, 0.3) is 0 Å². The van der Waals surface area contributed by atoms with Crippen LogP contribution in [0, 0.1) is 0 Å². The average molecular weight is 349 g/mol. The third-order valence-corrected chi connectivity index (χ3v) is 6.25. The summed E-state index contributed by atoms with van der Waals surface area (Å²) >= 11 is 0. The maximum Gasteiger partial charge on any atom is 0.416 e. The Kier molecular flexibility index (Phi) is 5.73. The van der Waals surface area contributed by atoms with Crippen LogP contribution in [0.2, 0.25) is 0 Å². The van der Waals surface area contributed by atoms with Gasteiger partial charge in [-0.15, -0.1) is 0 Å².